The Bertz CT molecular complexity index is 604. The summed E-state index contributed by atoms with van der Waals surface area (Å²) < 4.78 is 18.5. The lowest BCUT2D eigenvalue weighted by Crippen LogP contribution is -2.02. The summed E-state index contributed by atoms with van der Waals surface area (Å²) in [4.78, 5) is 14.7. The normalized spacial score (nSPS) is 10.1. The Labute approximate surface area is 107 Å². The van der Waals surface area contributed by atoms with E-state index in [9.17, 15) is 9.18 Å². The summed E-state index contributed by atoms with van der Waals surface area (Å²) >= 11 is 5.65. The number of para-hydroxylation sites is 1. The largest absolute Gasteiger partial charge is 0.477 e. The fraction of sp³-hybridized carbons (Fsp3) is 0. The van der Waals surface area contributed by atoms with Gasteiger partial charge in [0.05, 0.1) is 0 Å². The van der Waals surface area contributed by atoms with Gasteiger partial charge in [0.1, 0.15) is 10.7 Å². The van der Waals surface area contributed by atoms with Crippen LogP contribution in [0.4, 0.5) is 4.39 Å². The van der Waals surface area contributed by atoms with Crippen molar-refractivity contribution in [1.82, 2.24) is 4.98 Å². The average molecular weight is 268 g/mol. The molecular formula is C12H7ClFNO3. The van der Waals surface area contributed by atoms with Crippen molar-refractivity contribution >= 4 is 17.6 Å². The second kappa shape index (κ2) is 5.01. The number of benzene rings is 1. The number of carboxylic acids is 1. The molecule has 1 N–H and O–H groups in total. The first-order valence-corrected chi connectivity index (χ1v) is 5.28. The molecule has 0 aliphatic heterocycles. The minimum absolute atomic E-state index is 0.0614. The molecule has 0 atom stereocenters. The monoisotopic (exact) mass is 267 g/mol. The average Bonchev–Trinajstić information content (AvgIpc) is 2.32. The van der Waals surface area contributed by atoms with Crippen LogP contribution in [-0.4, -0.2) is 16.1 Å². The van der Waals surface area contributed by atoms with E-state index >= 15 is 0 Å². The topological polar surface area (TPSA) is 59.4 Å². The van der Waals surface area contributed by atoms with Gasteiger partial charge in [0, 0.05) is 0 Å². The Balaban J connectivity index is 2.42. The van der Waals surface area contributed by atoms with Crippen molar-refractivity contribution in [3.05, 3.63) is 52.9 Å². The number of rotatable bonds is 3. The zero-order chi connectivity index (χ0) is 13.1. The van der Waals surface area contributed by atoms with Gasteiger partial charge >= 0.3 is 5.97 Å². The second-order valence-electron chi connectivity index (χ2n) is 3.32. The summed E-state index contributed by atoms with van der Waals surface area (Å²) in [6.45, 7) is 0. The molecule has 1 aromatic heterocycles. The summed E-state index contributed by atoms with van der Waals surface area (Å²) in [5.41, 5.74) is -0.192. The van der Waals surface area contributed by atoms with E-state index < -0.39 is 11.8 Å². The summed E-state index contributed by atoms with van der Waals surface area (Å²) in [6, 6.07) is 8.17. The molecule has 0 aliphatic rings. The van der Waals surface area contributed by atoms with Crippen molar-refractivity contribution in [2.75, 3.05) is 0 Å². The molecule has 0 amide bonds. The van der Waals surface area contributed by atoms with Crippen LogP contribution in [0.1, 0.15) is 10.4 Å². The standard InChI is InChI=1S/C12H7ClFNO3/c13-10-6-5-7(12(16)17)11(15-10)18-9-4-2-1-3-8(9)14/h1-6H,(H,16,17). The van der Waals surface area contributed by atoms with Crippen molar-refractivity contribution in [1.29, 1.82) is 0 Å². The molecule has 0 saturated heterocycles. The predicted molar refractivity (Wildman–Crippen MR) is 62.7 cm³/mol. The van der Waals surface area contributed by atoms with Crippen LogP contribution in [0.25, 0.3) is 0 Å². The number of pyridine rings is 1. The summed E-state index contributed by atoms with van der Waals surface area (Å²) in [6.07, 6.45) is 0. The predicted octanol–water partition coefficient (Wildman–Crippen LogP) is 3.36. The van der Waals surface area contributed by atoms with Crippen LogP contribution >= 0.6 is 11.6 Å². The number of ether oxygens (including phenoxy) is 1. The van der Waals surface area contributed by atoms with Gasteiger partial charge in [-0.15, -0.1) is 0 Å². The van der Waals surface area contributed by atoms with E-state index in [0.717, 1.165) is 0 Å². The lowest BCUT2D eigenvalue weighted by Gasteiger charge is -2.08. The number of carbonyl (C=O) groups is 1. The number of aromatic nitrogens is 1. The van der Waals surface area contributed by atoms with Crippen LogP contribution < -0.4 is 4.74 Å². The third kappa shape index (κ3) is 2.57. The highest BCUT2D eigenvalue weighted by atomic mass is 35.5. The van der Waals surface area contributed by atoms with Crippen LogP contribution in [0, 0.1) is 5.82 Å². The van der Waals surface area contributed by atoms with Crippen molar-refractivity contribution in [2.45, 2.75) is 0 Å². The molecule has 0 aliphatic carbocycles. The van der Waals surface area contributed by atoms with Crippen molar-refractivity contribution in [2.24, 2.45) is 0 Å². The van der Waals surface area contributed by atoms with Gasteiger partial charge in [0.2, 0.25) is 5.88 Å². The van der Waals surface area contributed by atoms with Crippen LogP contribution in [0.3, 0.4) is 0 Å². The summed E-state index contributed by atoms with van der Waals surface area (Å²) in [5, 5.41) is 9.01. The highest BCUT2D eigenvalue weighted by molar-refractivity contribution is 6.29. The first-order valence-electron chi connectivity index (χ1n) is 4.90. The van der Waals surface area contributed by atoms with Crippen LogP contribution in [0.2, 0.25) is 5.15 Å². The zero-order valence-corrected chi connectivity index (χ0v) is 9.69. The Morgan fingerprint density at radius 2 is 2.00 bits per heavy atom. The molecule has 18 heavy (non-hydrogen) atoms. The third-order valence-electron chi connectivity index (χ3n) is 2.10. The first-order chi connectivity index (χ1) is 8.58. The molecule has 0 bridgehead atoms. The molecule has 6 heteroatoms. The highest BCUT2D eigenvalue weighted by Gasteiger charge is 2.15. The van der Waals surface area contributed by atoms with Crippen molar-refractivity contribution < 1.29 is 19.0 Å². The third-order valence-corrected chi connectivity index (χ3v) is 2.31. The van der Waals surface area contributed by atoms with Crippen molar-refractivity contribution in [3.8, 4) is 11.6 Å². The molecule has 92 valence electrons. The van der Waals surface area contributed by atoms with Gasteiger partial charge in [-0.3, -0.25) is 0 Å². The first kappa shape index (κ1) is 12.3. The zero-order valence-electron chi connectivity index (χ0n) is 8.93. The van der Waals surface area contributed by atoms with Crippen LogP contribution in [-0.2, 0) is 0 Å². The lowest BCUT2D eigenvalue weighted by atomic mass is 10.2. The van der Waals surface area contributed by atoms with E-state index in [1.807, 2.05) is 0 Å². The van der Waals surface area contributed by atoms with Crippen LogP contribution in [0.15, 0.2) is 36.4 Å². The van der Waals surface area contributed by atoms with Gasteiger partial charge in [0.15, 0.2) is 11.6 Å². The molecule has 1 aromatic carbocycles. The van der Waals surface area contributed by atoms with Crippen LogP contribution in [0.5, 0.6) is 11.6 Å². The van der Waals surface area contributed by atoms with E-state index in [2.05, 4.69) is 4.98 Å². The van der Waals surface area contributed by atoms with E-state index in [4.69, 9.17) is 21.4 Å². The molecule has 0 fully saturated rings. The van der Waals surface area contributed by atoms with E-state index in [0.29, 0.717) is 0 Å². The number of hydrogen-bond acceptors (Lipinski definition) is 3. The number of hydrogen-bond donors (Lipinski definition) is 1. The minimum Gasteiger partial charge on any atom is -0.477 e. The fourth-order valence-corrected chi connectivity index (χ4v) is 1.43. The Morgan fingerprint density at radius 3 is 2.67 bits per heavy atom. The molecule has 2 rings (SSSR count). The smallest absolute Gasteiger partial charge is 0.341 e. The molecule has 0 spiro atoms. The number of halogens is 2. The van der Waals surface area contributed by atoms with Gasteiger partial charge in [-0.05, 0) is 24.3 Å². The molecule has 1 heterocycles. The van der Waals surface area contributed by atoms with E-state index in [1.54, 1.807) is 6.07 Å². The molecular weight excluding hydrogens is 261 g/mol. The quantitative estimate of drug-likeness (QED) is 0.866. The molecule has 2 aromatic rings. The Morgan fingerprint density at radius 1 is 1.28 bits per heavy atom. The maximum Gasteiger partial charge on any atom is 0.341 e. The molecule has 4 nitrogen and oxygen atoms in total. The lowest BCUT2D eigenvalue weighted by molar-refractivity contribution is 0.0693. The molecule has 0 radical (unpaired) electrons. The summed E-state index contributed by atoms with van der Waals surface area (Å²) in [7, 11) is 0. The maximum atomic E-state index is 13.4. The highest BCUT2D eigenvalue weighted by Crippen LogP contribution is 2.26. The number of aromatic carboxylic acids is 1. The minimum atomic E-state index is -1.23. The SMILES string of the molecule is O=C(O)c1ccc(Cl)nc1Oc1ccccc1F. The Kier molecular flexibility index (Phi) is 3.43. The molecule has 0 unspecified atom stereocenters. The molecule has 0 saturated carbocycles. The second-order valence-corrected chi connectivity index (χ2v) is 3.71. The maximum absolute atomic E-state index is 13.4. The van der Waals surface area contributed by atoms with Gasteiger partial charge < -0.3 is 9.84 Å². The van der Waals surface area contributed by atoms with Gasteiger partial charge in [-0.25, -0.2) is 14.2 Å². The fourth-order valence-electron chi connectivity index (χ4n) is 1.29. The van der Waals surface area contributed by atoms with Gasteiger partial charge in [-0.2, -0.15) is 0 Å². The van der Waals surface area contributed by atoms with Gasteiger partial charge in [-0.1, -0.05) is 23.7 Å². The van der Waals surface area contributed by atoms with Crippen molar-refractivity contribution in [3.63, 3.8) is 0 Å². The number of nitrogens with zero attached hydrogens (tertiary/aromatic N) is 1. The van der Waals surface area contributed by atoms with Gasteiger partial charge in [0.25, 0.3) is 0 Å². The Hall–Kier alpha value is -2.14. The summed E-state index contributed by atoms with van der Waals surface area (Å²) in [5.74, 6) is -2.21. The van der Waals surface area contributed by atoms with E-state index in [1.165, 1.54) is 30.3 Å². The number of carboxylic acid groups (broad SMARTS) is 1. The van der Waals surface area contributed by atoms with E-state index in [-0.39, 0.29) is 22.3 Å².